The average Bonchev–Trinajstić information content (AvgIpc) is 2.87. The minimum atomic E-state index is -3.64. The monoisotopic (exact) mass is 690 g/mol. The van der Waals surface area contributed by atoms with Gasteiger partial charge in [-0.2, -0.15) is 0 Å². The third kappa shape index (κ3) is 5.31. The highest BCUT2D eigenvalue weighted by Crippen LogP contribution is 2.53. The first kappa shape index (κ1) is 31.7. The van der Waals surface area contributed by atoms with E-state index in [9.17, 15) is 0 Å². The molecule has 1 atom stereocenters. The molecule has 6 saturated heterocycles. The van der Waals surface area contributed by atoms with Gasteiger partial charge in [0, 0.05) is 48.4 Å². The fourth-order valence-electron chi connectivity index (χ4n) is 5.55. The third-order valence-corrected chi connectivity index (χ3v) is 45.2. The van der Waals surface area contributed by atoms with Crippen LogP contribution in [0, 0.1) is 5.92 Å². The van der Waals surface area contributed by atoms with Crippen LogP contribution in [0.2, 0.25) is 48.4 Å². The lowest BCUT2D eigenvalue weighted by atomic mass is 10.2. The van der Waals surface area contributed by atoms with Crippen LogP contribution in [-0.2, 0) is 49.4 Å². The summed E-state index contributed by atoms with van der Waals surface area (Å²) in [6, 6.07) is 3.82. The van der Waals surface area contributed by atoms with Crippen molar-refractivity contribution in [2.24, 2.45) is 5.92 Å². The van der Waals surface area contributed by atoms with Gasteiger partial charge in [0.05, 0.1) is 0 Å². The van der Waals surface area contributed by atoms with Crippen molar-refractivity contribution in [2.45, 2.75) is 117 Å². The minimum absolute atomic E-state index is 0.241. The normalized spacial score (nSPS) is 51.6. The van der Waals surface area contributed by atoms with Gasteiger partial charge < -0.3 is 49.4 Å². The van der Waals surface area contributed by atoms with Crippen LogP contribution in [0.1, 0.15) is 68.7 Å². The average molecular weight is 691 g/mol. The Hall–Kier alpha value is 1.26. The topological polar surface area (TPSA) is 111 Å². The van der Waals surface area contributed by atoms with Crippen molar-refractivity contribution in [3.63, 3.8) is 0 Å². The molecule has 226 valence electrons. The maximum Gasteiger partial charge on any atom is 0.479 e. The number of rotatable bonds is 10. The van der Waals surface area contributed by atoms with Gasteiger partial charge >= 0.3 is 70.4 Å². The first-order valence-electron chi connectivity index (χ1n) is 14.8. The van der Waals surface area contributed by atoms with E-state index in [-0.39, 0.29) is 5.92 Å². The van der Waals surface area contributed by atoms with E-state index in [1.54, 1.807) is 0 Å². The van der Waals surface area contributed by atoms with E-state index in [1.165, 1.54) is 0 Å². The Morgan fingerprint density at radius 1 is 0.333 bits per heavy atom. The van der Waals surface area contributed by atoms with Crippen LogP contribution in [0.25, 0.3) is 0 Å². The van der Waals surface area contributed by atoms with E-state index in [4.69, 9.17) is 49.4 Å². The van der Waals surface area contributed by atoms with Gasteiger partial charge in [-0.25, -0.2) is 0 Å². The largest absolute Gasteiger partial charge is 0.479 e. The van der Waals surface area contributed by atoms with Crippen molar-refractivity contribution in [2.75, 3.05) is 0 Å². The van der Waals surface area contributed by atoms with Gasteiger partial charge in [-0.15, -0.1) is 0 Å². The molecule has 12 nitrogen and oxygen atoms in total. The lowest BCUT2D eigenvalue weighted by molar-refractivity contribution is -0.0294. The standard InChI is InChI=1S/C19H46O12Si8/c1-10-19(9)18-39-29-36(15-6)23-33(12-3)20-32(11-2)21-34(13-4,25-36)27-38(17-8,31-39)28-35(14-5,22-32)26-37(16-7,24-33)30-39/h19H,10-18H2,1-9H3. The lowest BCUT2D eigenvalue weighted by Crippen LogP contribution is -2.88. The minimum Gasteiger partial charge on any atom is -0.373 e. The second-order valence-corrected chi connectivity index (χ2v) is 37.0. The van der Waals surface area contributed by atoms with Crippen LogP contribution in [-0.4, -0.2) is 70.4 Å². The van der Waals surface area contributed by atoms with E-state index in [0.717, 1.165) is 6.42 Å². The Bertz CT molecular complexity index is 812. The molecule has 6 aliphatic heterocycles. The third-order valence-electron chi connectivity index (χ3n) is 8.06. The summed E-state index contributed by atoms with van der Waals surface area (Å²) in [5.74, 6) is 0.241. The lowest BCUT2D eigenvalue weighted by Gasteiger charge is -2.63. The molecule has 0 aromatic carbocycles. The molecule has 0 spiro atoms. The first-order valence-corrected chi connectivity index (χ1v) is 30.2. The summed E-state index contributed by atoms with van der Waals surface area (Å²) in [5.41, 5.74) is 0. The van der Waals surface area contributed by atoms with E-state index in [2.05, 4.69) is 13.8 Å². The Morgan fingerprint density at radius 2 is 0.513 bits per heavy atom. The predicted octanol–water partition coefficient (Wildman–Crippen LogP) is 4.95. The molecule has 6 aliphatic rings. The van der Waals surface area contributed by atoms with E-state index in [0.29, 0.717) is 48.4 Å². The second kappa shape index (κ2) is 10.7. The zero-order valence-electron chi connectivity index (χ0n) is 24.8. The molecule has 0 saturated carbocycles. The van der Waals surface area contributed by atoms with E-state index in [1.807, 2.05) is 48.5 Å². The second-order valence-electron chi connectivity index (χ2n) is 10.9. The van der Waals surface area contributed by atoms with Gasteiger partial charge in [-0.3, -0.25) is 0 Å². The van der Waals surface area contributed by atoms with Crippen molar-refractivity contribution in [1.82, 2.24) is 0 Å². The Balaban J connectivity index is 1.85. The van der Waals surface area contributed by atoms with Crippen molar-refractivity contribution >= 4 is 70.4 Å². The van der Waals surface area contributed by atoms with E-state index >= 15 is 0 Å². The molecular formula is C19H46O12Si8. The molecule has 0 N–H and O–H groups in total. The van der Waals surface area contributed by atoms with Gasteiger partial charge in [-0.05, 0) is 5.92 Å². The Labute approximate surface area is 242 Å². The van der Waals surface area contributed by atoms with Crippen molar-refractivity contribution in [3.8, 4) is 0 Å². The molecular weight excluding hydrogens is 645 g/mol. The van der Waals surface area contributed by atoms with Crippen LogP contribution >= 0.6 is 0 Å². The van der Waals surface area contributed by atoms with Crippen molar-refractivity contribution < 1.29 is 49.4 Å². The highest BCUT2D eigenvalue weighted by Gasteiger charge is 2.82. The smallest absolute Gasteiger partial charge is 0.373 e. The number of hydrogen-bond acceptors (Lipinski definition) is 12. The SMILES string of the molecule is CCC(C)C[Si]12O[Si]3(CC)O[Si]4(CC)O[Si]5(CC)O[Si](CC)(O3)O[Si](CC)(O[Si](CC)(O5)O[Si](CC)(O4)O1)O2. The van der Waals surface area contributed by atoms with Crippen LogP contribution in [0.3, 0.4) is 0 Å². The van der Waals surface area contributed by atoms with Crippen LogP contribution in [0.15, 0.2) is 0 Å². The first-order chi connectivity index (χ1) is 18.4. The maximum atomic E-state index is 7.23. The highest BCUT2D eigenvalue weighted by atomic mass is 28.6. The van der Waals surface area contributed by atoms with Crippen molar-refractivity contribution in [1.29, 1.82) is 0 Å². The molecule has 0 aromatic heterocycles. The summed E-state index contributed by atoms with van der Waals surface area (Å²) in [6.07, 6.45) is 0.924. The quantitative estimate of drug-likeness (QED) is 0.289. The highest BCUT2D eigenvalue weighted by molar-refractivity contribution is 7.03. The summed E-state index contributed by atoms with van der Waals surface area (Å²) < 4.78 is 85.6. The van der Waals surface area contributed by atoms with Crippen LogP contribution < -0.4 is 0 Å². The Kier molecular flexibility index (Phi) is 8.69. The summed E-state index contributed by atoms with van der Waals surface area (Å²) in [4.78, 5) is 0. The molecule has 39 heavy (non-hydrogen) atoms. The Morgan fingerprint density at radius 3 is 0.667 bits per heavy atom. The molecule has 0 amide bonds. The summed E-state index contributed by atoms with van der Waals surface area (Å²) in [5, 5.41) is 0. The molecule has 0 aromatic rings. The molecule has 0 aliphatic carbocycles. The molecule has 20 heteroatoms. The van der Waals surface area contributed by atoms with Gasteiger partial charge in [0.25, 0.3) is 0 Å². The van der Waals surface area contributed by atoms with Gasteiger partial charge in [-0.1, -0.05) is 68.7 Å². The zero-order chi connectivity index (χ0) is 28.4. The fraction of sp³-hybridized carbons (Fsp3) is 1.00. The van der Waals surface area contributed by atoms with Gasteiger partial charge in [0.1, 0.15) is 0 Å². The molecule has 0 radical (unpaired) electrons. The molecule has 6 fully saturated rings. The van der Waals surface area contributed by atoms with Crippen LogP contribution in [0.5, 0.6) is 0 Å². The van der Waals surface area contributed by atoms with Gasteiger partial charge in [0.2, 0.25) is 0 Å². The number of hydrogen-bond donors (Lipinski definition) is 0. The molecule has 8 bridgehead atoms. The predicted molar refractivity (Wildman–Crippen MR) is 157 cm³/mol. The summed E-state index contributed by atoms with van der Waals surface area (Å²) >= 11 is 0. The summed E-state index contributed by atoms with van der Waals surface area (Å²) in [7, 11) is -28.6. The van der Waals surface area contributed by atoms with Crippen LogP contribution in [0.4, 0.5) is 0 Å². The van der Waals surface area contributed by atoms with Crippen molar-refractivity contribution in [3.05, 3.63) is 0 Å². The van der Waals surface area contributed by atoms with Gasteiger partial charge in [0.15, 0.2) is 0 Å². The van der Waals surface area contributed by atoms with E-state index < -0.39 is 70.4 Å². The maximum absolute atomic E-state index is 7.23. The molecule has 6 rings (SSSR count). The molecule has 1 unspecified atom stereocenters. The fourth-order valence-corrected chi connectivity index (χ4v) is 55.6. The summed E-state index contributed by atoms with van der Waals surface area (Å²) in [6.45, 7) is 18.4. The zero-order valence-corrected chi connectivity index (χ0v) is 32.8. The molecule has 6 heterocycles.